The lowest BCUT2D eigenvalue weighted by Gasteiger charge is -2.34. The normalized spacial score (nSPS) is 40.2. The van der Waals surface area contributed by atoms with Crippen molar-refractivity contribution in [2.24, 2.45) is 47.3 Å². The number of carbonyl (C=O) groups excluding carboxylic acids is 4. The Kier molecular flexibility index (Phi) is 7.76. The molecule has 6 aliphatic rings. The Morgan fingerprint density at radius 1 is 0.977 bits per heavy atom. The number of carbonyl (C=O) groups is 4. The standard InChI is InChI=1S/C28H36F2O12S/c1-11(28(29,30)43(35,36)37)38-20(31)6-7-21(32)41-24-17-10-18-23(27(34)42-25(18)24)22(17)26(33)40-12(2)39-19-9-13-8-16(19)15-5-3-4-14(13)15/h11-19,22-25H,3-10H2,1-2H3,(H,35,36,37). The molecular weight excluding hydrogens is 598 g/mol. The summed E-state index contributed by atoms with van der Waals surface area (Å²) in [6.07, 6.45) is -0.0329. The van der Waals surface area contributed by atoms with Crippen molar-refractivity contribution >= 4 is 34.0 Å². The zero-order valence-electron chi connectivity index (χ0n) is 23.8. The second kappa shape index (κ2) is 10.9. The molecule has 15 heteroatoms. The van der Waals surface area contributed by atoms with Crippen LogP contribution in [-0.2, 0) is 53.0 Å². The van der Waals surface area contributed by atoms with E-state index in [1.165, 1.54) is 19.3 Å². The van der Waals surface area contributed by atoms with Gasteiger partial charge in [0.15, 0.2) is 12.4 Å². The third-order valence-electron chi connectivity index (χ3n) is 10.8. The molecule has 4 bridgehead atoms. The predicted molar refractivity (Wildman–Crippen MR) is 137 cm³/mol. The fourth-order valence-electron chi connectivity index (χ4n) is 9.10. The van der Waals surface area contributed by atoms with Gasteiger partial charge < -0.3 is 23.7 Å². The summed E-state index contributed by atoms with van der Waals surface area (Å²) in [6.45, 7) is 2.25. The summed E-state index contributed by atoms with van der Waals surface area (Å²) >= 11 is 0. The van der Waals surface area contributed by atoms with Gasteiger partial charge in [0.05, 0.1) is 30.8 Å². The lowest BCUT2D eigenvalue weighted by atomic mass is 9.78. The number of fused-ring (bicyclic) bond motifs is 6. The molecule has 1 saturated heterocycles. The van der Waals surface area contributed by atoms with E-state index in [9.17, 15) is 36.4 Å². The molecule has 12 nitrogen and oxygen atoms in total. The molecule has 0 radical (unpaired) electrons. The van der Waals surface area contributed by atoms with Crippen molar-refractivity contribution in [1.29, 1.82) is 0 Å². The molecule has 1 heterocycles. The van der Waals surface area contributed by atoms with Crippen LogP contribution in [0, 0.1) is 47.3 Å². The van der Waals surface area contributed by atoms with Crippen molar-refractivity contribution in [2.45, 2.75) is 101 Å². The van der Waals surface area contributed by atoms with Crippen molar-refractivity contribution in [3.05, 3.63) is 0 Å². The second-order valence-electron chi connectivity index (χ2n) is 13.0. The van der Waals surface area contributed by atoms with E-state index in [1.807, 2.05) is 0 Å². The lowest BCUT2D eigenvalue weighted by Crippen LogP contribution is -2.44. The molecule has 5 saturated carbocycles. The smallest absolute Gasteiger partial charge is 0.405 e. The molecule has 0 amide bonds. The van der Waals surface area contributed by atoms with Gasteiger partial charge in [-0.1, -0.05) is 6.42 Å². The number of hydrogen-bond acceptors (Lipinski definition) is 11. The Labute approximate surface area is 247 Å². The van der Waals surface area contributed by atoms with Crippen LogP contribution in [0.1, 0.15) is 65.2 Å². The Morgan fingerprint density at radius 2 is 1.67 bits per heavy atom. The fraction of sp³-hybridized carbons (Fsp3) is 0.857. The van der Waals surface area contributed by atoms with E-state index >= 15 is 0 Å². The molecule has 0 aromatic rings. The van der Waals surface area contributed by atoms with E-state index in [2.05, 4.69) is 4.74 Å². The first-order valence-corrected chi connectivity index (χ1v) is 16.4. The van der Waals surface area contributed by atoms with Gasteiger partial charge in [-0.25, -0.2) is 0 Å². The highest BCUT2D eigenvalue weighted by atomic mass is 32.2. The van der Waals surface area contributed by atoms with E-state index in [-0.39, 0.29) is 12.0 Å². The molecule has 6 rings (SSSR count). The van der Waals surface area contributed by atoms with E-state index in [4.69, 9.17) is 23.5 Å². The van der Waals surface area contributed by atoms with Crippen LogP contribution in [-0.4, -0.2) is 72.8 Å². The van der Waals surface area contributed by atoms with E-state index in [0.717, 1.165) is 18.8 Å². The maximum Gasteiger partial charge on any atom is 0.405 e. The van der Waals surface area contributed by atoms with Crippen molar-refractivity contribution < 1.29 is 64.6 Å². The summed E-state index contributed by atoms with van der Waals surface area (Å²) in [5, 5.41) is -4.74. The van der Waals surface area contributed by atoms with Crippen LogP contribution < -0.4 is 0 Å². The van der Waals surface area contributed by atoms with E-state index in [1.54, 1.807) is 6.92 Å². The summed E-state index contributed by atoms with van der Waals surface area (Å²) in [4.78, 5) is 50.6. The fourth-order valence-corrected chi connectivity index (χ4v) is 9.56. The lowest BCUT2D eigenvalue weighted by molar-refractivity contribution is -0.201. The highest BCUT2D eigenvalue weighted by Gasteiger charge is 2.70. The van der Waals surface area contributed by atoms with Gasteiger partial charge in [0, 0.05) is 11.8 Å². The number of esters is 4. The van der Waals surface area contributed by atoms with Gasteiger partial charge in [-0.3, -0.25) is 23.7 Å². The summed E-state index contributed by atoms with van der Waals surface area (Å²) < 4.78 is 84.8. The van der Waals surface area contributed by atoms with Crippen molar-refractivity contribution in [3.8, 4) is 0 Å². The number of alkyl halides is 2. The van der Waals surface area contributed by atoms with Crippen LogP contribution in [0.15, 0.2) is 0 Å². The third-order valence-corrected chi connectivity index (χ3v) is 11.8. The molecule has 5 aliphatic carbocycles. The van der Waals surface area contributed by atoms with E-state index in [0.29, 0.717) is 31.1 Å². The van der Waals surface area contributed by atoms with Crippen molar-refractivity contribution in [1.82, 2.24) is 0 Å². The van der Waals surface area contributed by atoms with Crippen LogP contribution in [0.5, 0.6) is 0 Å². The monoisotopic (exact) mass is 634 g/mol. The Bertz CT molecular complexity index is 1290. The maximum absolute atomic E-state index is 13.6. The van der Waals surface area contributed by atoms with Crippen molar-refractivity contribution in [2.75, 3.05) is 0 Å². The third kappa shape index (κ3) is 5.22. The molecule has 0 spiro atoms. The first kappa shape index (κ1) is 30.6. The summed E-state index contributed by atoms with van der Waals surface area (Å²) in [6, 6.07) is 0. The number of hydrogen-bond donors (Lipinski definition) is 1. The van der Waals surface area contributed by atoms with Crippen molar-refractivity contribution in [3.63, 3.8) is 0 Å². The molecule has 0 aromatic carbocycles. The molecule has 6 fully saturated rings. The molecule has 43 heavy (non-hydrogen) atoms. The minimum atomic E-state index is -5.83. The maximum atomic E-state index is 13.6. The summed E-state index contributed by atoms with van der Waals surface area (Å²) in [5.74, 6) is -3.32. The Balaban J connectivity index is 1.02. The minimum Gasteiger partial charge on any atom is -0.458 e. The molecule has 240 valence electrons. The van der Waals surface area contributed by atoms with Gasteiger partial charge in [-0.2, -0.15) is 17.2 Å². The van der Waals surface area contributed by atoms with Crippen LogP contribution in [0.3, 0.4) is 0 Å². The van der Waals surface area contributed by atoms with Gasteiger partial charge in [0.1, 0.15) is 12.2 Å². The number of ether oxygens (including phenoxy) is 5. The first-order chi connectivity index (χ1) is 20.2. The second-order valence-corrected chi connectivity index (χ2v) is 14.5. The summed E-state index contributed by atoms with van der Waals surface area (Å²) in [5.41, 5.74) is 0. The topological polar surface area (TPSA) is 169 Å². The molecule has 13 atom stereocenters. The van der Waals surface area contributed by atoms with Gasteiger partial charge >= 0.3 is 39.2 Å². The largest absolute Gasteiger partial charge is 0.458 e. The summed E-state index contributed by atoms with van der Waals surface area (Å²) in [7, 11) is -5.83. The molecule has 1 aliphatic heterocycles. The predicted octanol–water partition coefficient (Wildman–Crippen LogP) is 2.63. The Morgan fingerprint density at radius 3 is 2.40 bits per heavy atom. The molecular formula is C28H36F2O12S. The SMILES string of the molecule is CC(OC(=O)C1C2CC3C(OC(=O)C31)C2OC(=O)CCC(=O)OC(C)C(F)(F)S(=O)(=O)O)OC1CC2CC1C1CCCC21. The highest BCUT2D eigenvalue weighted by molar-refractivity contribution is 7.86. The van der Waals surface area contributed by atoms with Crippen LogP contribution in [0.2, 0.25) is 0 Å². The van der Waals surface area contributed by atoms with Gasteiger partial charge in [0.25, 0.3) is 0 Å². The zero-order chi connectivity index (χ0) is 31.0. The molecule has 1 N–H and O–H groups in total. The van der Waals surface area contributed by atoms with E-state index < -0.39 is 94.4 Å². The number of halogens is 2. The highest BCUT2D eigenvalue weighted by Crippen LogP contribution is 2.60. The average Bonchev–Trinajstić information content (AvgIpc) is 3.73. The first-order valence-electron chi connectivity index (χ1n) is 15.0. The van der Waals surface area contributed by atoms with Gasteiger partial charge in [0.2, 0.25) is 0 Å². The molecule has 0 aromatic heterocycles. The van der Waals surface area contributed by atoms with Crippen LogP contribution >= 0.6 is 0 Å². The van der Waals surface area contributed by atoms with Gasteiger partial charge in [-0.15, -0.1) is 0 Å². The minimum absolute atomic E-state index is 0.0376. The Hall–Kier alpha value is -2.39. The average molecular weight is 635 g/mol. The van der Waals surface area contributed by atoms with Crippen LogP contribution in [0.25, 0.3) is 0 Å². The van der Waals surface area contributed by atoms with Gasteiger partial charge in [-0.05, 0) is 69.6 Å². The molecule has 13 unspecified atom stereocenters. The quantitative estimate of drug-likeness (QED) is 0.153. The van der Waals surface area contributed by atoms with Crippen LogP contribution in [0.4, 0.5) is 8.78 Å². The number of rotatable bonds is 11. The zero-order valence-corrected chi connectivity index (χ0v) is 24.6.